The minimum atomic E-state index is -3.72. The number of rotatable bonds is 6. The van der Waals surface area contributed by atoms with Gasteiger partial charge in [0.25, 0.3) is 5.91 Å². The van der Waals surface area contributed by atoms with Gasteiger partial charge >= 0.3 is 0 Å². The summed E-state index contributed by atoms with van der Waals surface area (Å²) < 4.78 is 31.6. The summed E-state index contributed by atoms with van der Waals surface area (Å²) in [5, 5.41) is 2.68. The number of hydrogen-bond acceptors (Lipinski definition) is 5. The number of nitrogens with one attached hydrogen (secondary N) is 1. The normalized spacial score (nSPS) is 14.3. The summed E-state index contributed by atoms with van der Waals surface area (Å²) in [7, 11) is -3.72. The van der Waals surface area contributed by atoms with Crippen LogP contribution in [0.1, 0.15) is 10.4 Å². The zero-order valence-corrected chi connectivity index (χ0v) is 18.8. The van der Waals surface area contributed by atoms with E-state index in [-0.39, 0.29) is 12.5 Å². The Morgan fingerprint density at radius 3 is 2.40 bits per heavy atom. The molecule has 2 amide bonds. The Morgan fingerprint density at radius 1 is 1.13 bits per heavy atom. The third-order valence-corrected chi connectivity index (χ3v) is 6.13. The first-order chi connectivity index (χ1) is 14.2. The summed E-state index contributed by atoms with van der Waals surface area (Å²) >= 11 is 3.32. The van der Waals surface area contributed by atoms with Crippen LogP contribution >= 0.6 is 15.9 Å². The lowest BCUT2D eigenvalue weighted by molar-refractivity contribution is -0.114. The third-order valence-electron chi connectivity index (χ3n) is 4.50. The number of carbonyl (C=O) groups excluding carboxylic acids is 2. The monoisotopic (exact) mass is 495 g/mol. The van der Waals surface area contributed by atoms with E-state index in [9.17, 15) is 18.0 Å². The highest BCUT2D eigenvalue weighted by Crippen LogP contribution is 2.20. The van der Waals surface area contributed by atoms with E-state index in [0.29, 0.717) is 43.2 Å². The molecule has 8 nitrogen and oxygen atoms in total. The SMILES string of the molecule is CS(=O)(=O)N(CC(=O)Nc1cccc(Br)c1)c1ccc(C(=O)N2CCOCC2)cc1. The van der Waals surface area contributed by atoms with Crippen LogP contribution in [0, 0.1) is 0 Å². The van der Waals surface area contributed by atoms with Gasteiger partial charge in [-0.25, -0.2) is 8.42 Å². The van der Waals surface area contributed by atoms with Gasteiger partial charge in [-0.05, 0) is 42.5 Å². The van der Waals surface area contributed by atoms with Crippen molar-refractivity contribution in [1.82, 2.24) is 4.90 Å². The van der Waals surface area contributed by atoms with Crippen LogP contribution in [0.4, 0.5) is 11.4 Å². The van der Waals surface area contributed by atoms with Crippen LogP contribution in [0.3, 0.4) is 0 Å². The Bertz CT molecular complexity index is 1020. The number of hydrogen-bond donors (Lipinski definition) is 1. The van der Waals surface area contributed by atoms with E-state index in [0.717, 1.165) is 15.0 Å². The Morgan fingerprint density at radius 2 is 1.80 bits per heavy atom. The molecule has 10 heteroatoms. The van der Waals surface area contributed by atoms with Gasteiger partial charge in [0.05, 0.1) is 25.2 Å². The molecule has 0 unspecified atom stereocenters. The van der Waals surface area contributed by atoms with Crippen LogP contribution in [0.5, 0.6) is 0 Å². The molecule has 30 heavy (non-hydrogen) atoms. The summed E-state index contributed by atoms with van der Waals surface area (Å²) in [4.78, 5) is 26.7. The molecule has 1 saturated heterocycles. The molecule has 1 N–H and O–H groups in total. The minimum Gasteiger partial charge on any atom is -0.378 e. The number of ether oxygens (including phenoxy) is 1. The number of amides is 2. The van der Waals surface area contributed by atoms with Gasteiger partial charge in [-0.3, -0.25) is 13.9 Å². The summed E-state index contributed by atoms with van der Waals surface area (Å²) in [6, 6.07) is 13.2. The first-order valence-electron chi connectivity index (χ1n) is 9.24. The molecule has 0 saturated carbocycles. The predicted molar refractivity (Wildman–Crippen MR) is 118 cm³/mol. The second kappa shape index (κ2) is 9.59. The molecule has 0 spiro atoms. The number of morpholine rings is 1. The number of nitrogens with zero attached hydrogens (tertiary/aromatic N) is 2. The Balaban J connectivity index is 1.73. The average Bonchev–Trinajstić information content (AvgIpc) is 2.71. The zero-order chi connectivity index (χ0) is 21.7. The van der Waals surface area contributed by atoms with Crippen LogP contribution in [0.15, 0.2) is 53.0 Å². The fourth-order valence-corrected chi connectivity index (χ4v) is 4.27. The maximum absolute atomic E-state index is 12.6. The molecule has 0 radical (unpaired) electrons. The number of sulfonamides is 1. The van der Waals surface area contributed by atoms with Crippen molar-refractivity contribution in [2.75, 3.05) is 48.7 Å². The minimum absolute atomic E-state index is 0.136. The van der Waals surface area contributed by atoms with E-state index >= 15 is 0 Å². The summed E-state index contributed by atoms with van der Waals surface area (Å²) in [5.74, 6) is -0.616. The van der Waals surface area contributed by atoms with Gasteiger partial charge in [0, 0.05) is 28.8 Å². The van der Waals surface area contributed by atoms with E-state index in [1.807, 2.05) is 6.07 Å². The molecule has 2 aromatic carbocycles. The third kappa shape index (κ3) is 5.80. The molecule has 0 aliphatic carbocycles. The first kappa shape index (κ1) is 22.3. The van der Waals surface area contributed by atoms with Crippen LogP contribution in [0.2, 0.25) is 0 Å². The van der Waals surface area contributed by atoms with Crippen molar-refractivity contribution in [2.45, 2.75) is 0 Å². The average molecular weight is 496 g/mol. The standard InChI is InChI=1S/C20H22BrN3O5S/c1-30(27,28)24(14-19(25)22-17-4-2-3-16(21)13-17)18-7-5-15(6-8-18)20(26)23-9-11-29-12-10-23/h2-8,13H,9-12,14H2,1H3,(H,22,25). The second-order valence-electron chi connectivity index (χ2n) is 6.78. The van der Waals surface area contributed by atoms with E-state index in [1.165, 1.54) is 12.1 Å². The van der Waals surface area contributed by atoms with Crippen molar-refractivity contribution in [1.29, 1.82) is 0 Å². The maximum atomic E-state index is 12.6. The van der Waals surface area contributed by atoms with Crippen molar-refractivity contribution < 1.29 is 22.7 Å². The number of benzene rings is 2. The number of anilines is 2. The van der Waals surface area contributed by atoms with Crippen molar-refractivity contribution in [3.63, 3.8) is 0 Å². The molecule has 0 atom stereocenters. The lowest BCUT2D eigenvalue weighted by Crippen LogP contribution is -2.40. The fourth-order valence-electron chi connectivity index (χ4n) is 3.02. The maximum Gasteiger partial charge on any atom is 0.254 e. The van der Waals surface area contributed by atoms with Crippen molar-refractivity contribution >= 4 is 49.1 Å². The highest BCUT2D eigenvalue weighted by atomic mass is 79.9. The van der Waals surface area contributed by atoms with Crippen LogP contribution in [-0.4, -0.2) is 64.2 Å². The lowest BCUT2D eigenvalue weighted by atomic mass is 10.1. The highest BCUT2D eigenvalue weighted by molar-refractivity contribution is 9.10. The first-order valence-corrected chi connectivity index (χ1v) is 11.9. The van der Waals surface area contributed by atoms with Gasteiger partial charge in [0.2, 0.25) is 15.9 Å². The molecule has 1 fully saturated rings. The van der Waals surface area contributed by atoms with E-state index < -0.39 is 15.9 Å². The van der Waals surface area contributed by atoms with Gasteiger partial charge in [-0.1, -0.05) is 22.0 Å². The quantitative estimate of drug-likeness (QED) is 0.663. The number of carbonyl (C=O) groups is 2. The Kier molecular flexibility index (Phi) is 7.11. The van der Waals surface area contributed by atoms with Crippen LogP contribution in [0.25, 0.3) is 0 Å². The topological polar surface area (TPSA) is 96.0 Å². The second-order valence-corrected chi connectivity index (χ2v) is 9.60. The molecule has 0 aromatic heterocycles. The van der Waals surface area contributed by atoms with Gasteiger partial charge < -0.3 is 15.0 Å². The van der Waals surface area contributed by atoms with E-state index in [4.69, 9.17) is 4.74 Å². The highest BCUT2D eigenvalue weighted by Gasteiger charge is 2.23. The van der Waals surface area contributed by atoms with E-state index in [2.05, 4.69) is 21.2 Å². The smallest absolute Gasteiger partial charge is 0.254 e. The Labute approximate surface area is 184 Å². The van der Waals surface area contributed by atoms with Gasteiger partial charge in [-0.15, -0.1) is 0 Å². The Hall–Kier alpha value is -2.43. The molecule has 1 aliphatic heterocycles. The molecular weight excluding hydrogens is 474 g/mol. The molecule has 160 valence electrons. The summed E-state index contributed by atoms with van der Waals surface area (Å²) in [6.45, 7) is 1.65. The summed E-state index contributed by atoms with van der Waals surface area (Å²) in [5.41, 5.74) is 1.31. The van der Waals surface area contributed by atoms with Crippen LogP contribution in [-0.2, 0) is 19.6 Å². The molecule has 3 rings (SSSR count). The predicted octanol–water partition coefficient (Wildman–Crippen LogP) is 2.33. The van der Waals surface area contributed by atoms with Gasteiger partial charge in [0.15, 0.2) is 0 Å². The molecule has 0 bridgehead atoms. The molecule has 2 aromatic rings. The van der Waals surface area contributed by atoms with Crippen molar-refractivity contribution in [3.8, 4) is 0 Å². The van der Waals surface area contributed by atoms with Crippen molar-refractivity contribution in [2.24, 2.45) is 0 Å². The van der Waals surface area contributed by atoms with Crippen molar-refractivity contribution in [3.05, 3.63) is 58.6 Å². The fraction of sp³-hybridized carbons (Fsp3) is 0.300. The lowest BCUT2D eigenvalue weighted by Gasteiger charge is -2.27. The molecule has 1 aliphatic rings. The number of halogens is 1. The molecular formula is C20H22BrN3O5S. The van der Waals surface area contributed by atoms with E-state index in [1.54, 1.807) is 35.2 Å². The molecule has 1 heterocycles. The largest absolute Gasteiger partial charge is 0.378 e. The summed E-state index contributed by atoms with van der Waals surface area (Å²) in [6.07, 6.45) is 1.03. The van der Waals surface area contributed by atoms with Crippen LogP contribution < -0.4 is 9.62 Å². The van der Waals surface area contributed by atoms with Gasteiger partial charge in [-0.2, -0.15) is 0 Å². The zero-order valence-electron chi connectivity index (χ0n) is 16.4. The van der Waals surface area contributed by atoms with Gasteiger partial charge in [0.1, 0.15) is 6.54 Å².